The van der Waals surface area contributed by atoms with Gasteiger partial charge in [-0.15, -0.1) is 0 Å². The lowest BCUT2D eigenvalue weighted by Crippen LogP contribution is -2.36. The SMILES string of the molecule is CCOc1cc(Nc2ncc(F)c(Nc3ccccc3S(=O)(=O)NC)n2)c(OC)cc1N1CCOCC1. The highest BCUT2D eigenvalue weighted by atomic mass is 32.2. The lowest BCUT2D eigenvalue weighted by Gasteiger charge is -2.31. The molecule has 0 amide bonds. The first-order valence-electron chi connectivity index (χ1n) is 11.6. The zero-order chi connectivity index (χ0) is 26.4. The molecular formula is C24H29FN6O5S. The average molecular weight is 533 g/mol. The van der Waals surface area contributed by atoms with E-state index in [0.29, 0.717) is 37.0 Å². The van der Waals surface area contributed by atoms with Gasteiger partial charge in [-0.3, -0.25) is 0 Å². The van der Waals surface area contributed by atoms with Gasteiger partial charge in [0.2, 0.25) is 16.0 Å². The van der Waals surface area contributed by atoms with E-state index in [4.69, 9.17) is 14.2 Å². The van der Waals surface area contributed by atoms with Gasteiger partial charge in [0.1, 0.15) is 16.4 Å². The Balaban J connectivity index is 1.66. The molecule has 13 heteroatoms. The number of methoxy groups -OCH3 is 1. The summed E-state index contributed by atoms with van der Waals surface area (Å²) in [6, 6.07) is 9.76. The summed E-state index contributed by atoms with van der Waals surface area (Å²) in [7, 11) is -0.947. The van der Waals surface area contributed by atoms with Crippen LogP contribution in [0.15, 0.2) is 47.5 Å². The average Bonchev–Trinajstić information content (AvgIpc) is 2.91. The Bertz CT molecular complexity index is 1350. The molecule has 1 aliphatic heterocycles. The minimum atomic E-state index is -3.79. The molecule has 0 unspecified atom stereocenters. The van der Waals surface area contributed by atoms with Gasteiger partial charge in [0.15, 0.2) is 11.6 Å². The summed E-state index contributed by atoms with van der Waals surface area (Å²) >= 11 is 0. The second-order valence-electron chi connectivity index (χ2n) is 7.90. The molecule has 1 saturated heterocycles. The first-order chi connectivity index (χ1) is 17.9. The molecule has 3 N–H and O–H groups in total. The monoisotopic (exact) mass is 532 g/mol. The van der Waals surface area contributed by atoms with E-state index in [0.717, 1.165) is 25.0 Å². The molecule has 1 aliphatic rings. The maximum Gasteiger partial charge on any atom is 0.242 e. The van der Waals surface area contributed by atoms with Gasteiger partial charge in [-0.1, -0.05) is 12.1 Å². The Morgan fingerprint density at radius 2 is 1.86 bits per heavy atom. The molecule has 0 bridgehead atoms. The third-order valence-electron chi connectivity index (χ3n) is 5.62. The third kappa shape index (κ3) is 6.01. The fourth-order valence-corrected chi connectivity index (χ4v) is 4.70. The molecule has 3 aromatic rings. The Morgan fingerprint density at radius 3 is 2.57 bits per heavy atom. The Labute approximate surface area is 215 Å². The molecule has 4 rings (SSSR count). The summed E-state index contributed by atoms with van der Waals surface area (Å²) in [6.07, 6.45) is 0.991. The number of nitrogens with one attached hydrogen (secondary N) is 3. The van der Waals surface area contributed by atoms with Crippen molar-refractivity contribution in [2.24, 2.45) is 0 Å². The van der Waals surface area contributed by atoms with Crippen molar-refractivity contribution in [2.75, 3.05) is 62.6 Å². The minimum absolute atomic E-state index is 0.0493. The molecule has 0 spiro atoms. The van der Waals surface area contributed by atoms with Crippen LogP contribution in [-0.4, -0.2) is 65.5 Å². The first kappa shape index (κ1) is 26.4. The summed E-state index contributed by atoms with van der Waals surface area (Å²) in [5.74, 6) is 0.256. The number of ether oxygens (including phenoxy) is 3. The summed E-state index contributed by atoms with van der Waals surface area (Å²) in [5, 5.41) is 5.81. The quantitative estimate of drug-likeness (QED) is 0.358. The molecule has 0 saturated carbocycles. The smallest absolute Gasteiger partial charge is 0.242 e. The van der Waals surface area contributed by atoms with Gasteiger partial charge in [-0.05, 0) is 26.1 Å². The van der Waals surface area contributed by atoms with Crippen molar-refractivity contribution in [3.8, 4) is 11.5 Å². The van der Waals surface area contributed by atoms with Crippen LogP contribution in [0.3, 0.4) is 0 Å². The van der Waals surface area contributed by atoms with Gasteiger partial charge < -0.3 is 29.7 Å². The molecule has 1 aromatic heterocycles. The molecule has 198 valence electrons. The number of aromatic nitrogens is 2. The number of hydrogen-bond donors (Lipinski definition) is 3. The van der Waals surface area contributed by atoms with E-state index in [1.165, 1.54) is 19.2 Å². The van der Waals surface area contributed by atoms with Crippen LogP contribution in [0.25, 0.3) is 0 Å². The normalized spacial score (nSPS) is 13.8. The van der Waals surface area contributed by atoms with Crippen LogP contribution in [0.2, 0.25) is 0 Å². The van der Waals surface area contributed by atoms with Crippen LogP contribution in [0, 0.1) is 5.82 Å². The fraction of sp³-hybridized carbons (Fsp3) is 0.333. The molecule has 11 nitrogen and oxygen atoms in total. The molecule has 2 heterocycles. The molecule has 37 heavy (non-hydrogen) atoms. The van der Waals surface area contributed by atoms with Crippen molar-refractivity contribution in [2.45, 2.75) is 11.8 Å². The fourth-order valence-electron chi connectivity index (χ4n) is 3.82. The Hall–Kier alpha value is -3.68. The van der Waals surface area contributed by atoms with Gasteiger partial charge in [0, 0.05) is 25.2 Å². The van der Waals surface area contributed by atoms with E-state index >= 15 is 0 Å². The largest absolute Gasteiger partial charge is 0.494 e. The zero-order valence-corrected chi connectivity index (χ0v) is 21.6. The molecule has 1 fully saturated rings. The maximum atomic E-state index is 14.6. The molecule has 0 aliphatic carbocycles. The minimum Gasteiger partial charge on any atom is -0.494 e. The predicted octanol–water partition coefficient (Wildman–Crippen LogP) is 3.25. The van der Waals surface area contributed by atoms with E-state index in [-0.39, 0.29) is 22.3 Å². The summed E-state index contributed by atoms with van der Waals surface area (Å²) in [6.45, 7) is 5.03. The van der Waals surface area contributed by atoms with Gasteiger partial charge >= 0.3 is 0 Å². The number of para-hydroxylation sites is 1. The van der Waals surface area contributed by atoms with Crippen molar-refractivity contribution >= 4 is 38.9 Å². The number of rotatable bonds is 10. The van der Waals surface area contributed by atoms with Crippen LogP contribution in [0.5, 0.6) is 11.5 Å². The van der Waals surface area contributed by atoms with Crippen molar-refractivity contribution in [1.82, 2.24) is 14.7 Å². The van der Waals surface area contributed by atoms with Crippen molar-refractivity contribution < 1.29 is 27.0 Å². The second kappa shape index (κ2) is 11.6. The lowest BCUT2D eigenvalue weighted by atomic mass is 10.2. The summed E-state index contributed by atoms with van der Waals surface area (Å²) in [5.41, 5.74) is 1.54. The highest BCUT2D eigenvalue weighted by Crippen LogP contribution is 2.40. The van der Waals surface area contributed by atoms with E-state index in [2.05, 4.69) is 30.2 Å². The predicted molar refractivity (Wildman–Crippen MR) is 138 cm³/mol. The summed E-state index contributed by atoms with van der Waals surface area (Å²) < 4.78 is 58.6. The zero-order valence-electron chi connectivity index (χ0n) is 20.7. The van der Waals surface area contributed by atoms with Crippen molar-refractivity contribution in [1.29, 1.82) is 0 Å². The Kier molecular flexibility index (Phi) is 8.26. The van der Waals surface area contributed by atoms with Crippen LogP contribution in [-0.2, 0) is 14.8 Å². The topological polar surface area (TPSA) is 127 Å². The standard InChI is InChI=1S/C24H29FN6O5S/c1-4-36-21-13-18(20(34-3)14-19(21)31-9-11-35-12-10-31)29-24-27-15-16(25)23(30-24)28-17-7-5-6-8-22(17)37(32,33)26-2/h5-8,13-15,26H,4,9-12H2,1-3H3,(H2,27,28,29,30). The number of halogens is 1. The number of benzene rings is 2. The number of hydrogen-bond acceptors (Lipinski definition) is 10. The van der Waals surface area contributed by atoms with E-state index in [9.17, 15) is 12.8 Å². The van der Waals surface area contributed by atoms with Crippen molar-refractivity contribution in [3.63, 3.8) is 0 Å². The van der Waals surface area contributed by atoms with Crippen LogP contribution < -0.4 is 29.7 Å². The van der Waals surface area contributed by atoms with Crippen LogP contribution in [0.4, 0.5) is 33.2 Å². The van der Waals surface area contributed by atoms with Gasteiger partial charge in [0.05, 0.1) is 50.2 Å². The van der Waals surface area contributed by atoms with Gasteiger partial charge in [-0.25, -0.2) is 22.5 Å². The molecule has 0 atom stereocenters. The van der Waals surface area contributed by atoms with Gasteiger partial charge in [-0.2, -0.15) is 4.98 Å². The Morgan fingerprint density at radius 1 is 1.11 bits per heavy atom. The van der Waals surface area contributed by atoms with Crippen LogP contribution in [0.1, 0.15) is 6.92 Å². The van der Waals surface area contributed by atoms with E-state index in [1.807, 2.05) is 13.0 Å². The van der Waals surface area contributed by atoms with E-state index in [1.54, 1.807) is 25.3 Å². The second-order valence-corrected chi connectivity index (χ2v) is 9.75. The van der Waals surface area contributed by atoms with Crippen LogP contribution >= 0.6 is 0 Å². The number of anilines is 5. The lowest BCUT2D eigenvalue weighted by molar-refractivity contribution is 0.122. The third-order valence-corrected chi connectivity index (χ3v) is 7.09. The maximum absolute atomic E-state index is 14.6. The number of sulfonamides is 1. The highest BCUT2D eigenvalue weighted by Gasteiger charge is 2.21. The van der Waals surface area contributed by atoms with Crippen molar-refractivity contribution in [3.05, 3.63) is 48.4 Å². The highest BCUT2D eigenvalue weighted by molar-refractivity contribution is 7.89. The molecule has 0 radical (unpaired) electrons. The van der Waals surface area contributed by atoms with Gasteiger partial charge in [0.25, 0.3) is 0 Å². The first-order valence-corrected chi connectivity index (χ1v) is 13.1. The molecule has 2 aromatic carbocycles. The summed E-state index contributed by atoms with van der Waals surface area (Å²) in [4.78, 5) is 10.4. The molecular weight excluding hydrogens is 503 g/mol. The van der Waals surface area contributed by atoms with E-state index < -0.39 is 15.8 Å². The number of morpholine rings is 1. The number of nitrogens with zero attached hydrogens (tertiary/aromatic N) is 3.